The maximum atomic E-state index is 12.1. The van der Waals surface area contributed by atoms with Crippen LogP contribution in [0.15, 0.2) is 12.1 Å². The molecule has 1 aromatic rings. The van der Waals surface area contributed by atoms with Crippen LogP contribution in [-0.4, -0.2) is 59.1 Å². The number of rotatable bonds is 5. The highest BCUT2D eigenvalue weighted by Crippen LogP contribution is 2.07. The first-order valence-corrected chi connectivity index (χ1v) is 6.49. The van der Waals surface area contributed by atoms with Crippen molar-refractivity contribution in [2.45, 2.75) is 12.8 Å². The van der Waals surface area contributed by atoms with E-state index in [0.29, 0.717) is 18.1 Å². The van der Waals surface area contributed by atoms with Crippen LogP contribution in [0, 0.1) is 0 Å². The molecule has 1 fully saturated rings. The average molecular weight is 264 g/mol. The van der Waals surface area contributed by atoms with E-state index in [2.05, 4.69) is 20.5 Å². The molecule has 1 aromatic heterocycles. The van der Waals surface area contributed by atoms with E-state index in [-0.39, 0.29) is 5.91 Å². The topological polar surface area (TPSA) is 87.4 Å². The first kappa shape index (κ1) is 13.7. The highest BCUT2D eigenvalue weighted by Gasteiger charge is 2.16. The van der Waals surface area contributed by atoms with Crippen molar-refractivity contribution >= 4 is 11.7 Å². The molecular formula is C12H20N6O. The number of nitrogens with zero attached hydrogens (tertiary/aromatic N) is 4. The molecule has 1 aliphatic heterocycles. The molecule has 0 saturated carbocycles. The lowest BCUT2D eigenvalue weighted by molar-refractivity contribution is 0.0775. The number of likely N-dealkylation sites (N-methyl/N-ethyl adjacent to an activating group) is 1. The fraction of sp³-hybridized carbons (Fsp3) is 0.583. The lowest BCUT2D eigenvalue weighted by Crippen LogP contribution is -2.35. The van der Waals surface area contributed by atoms with E-state index in [0.717, 1.165) is 19.6 Å². The number of nitrogens with one attached hydrogen (secondary N) is 1. The maximum absolute atomic E-state index is 12.1. The Labute approximate surface area is 112 Å². The summed E-state index contributed by atoms with van der Waals surface area (Å²) in [6.45, 7) is 3.90. The van der Waals surface area contributed by atoms with Crippen LogP contribution in [0.25, 0.3) is 0 Å². The Morgan fingerprint density at radius 3 is 2.74 bits per heavy atom. The van der Waals surface area contributed by atoms with Crippen LogP contribution in [0.2, 0.25) is 0 Å². The quantitative estimate of drug-likeness (QED) is 0.572. The maximum Gasteiger partial charge on any atom is 0.274 e. The molecule has 1 saturated heterocycles. The number of carbonyl (C=O) groups excluding carboxylic acids is 1. The van der Waals surface area contributed by atoms with Gasteiger partial charge in [-0.2, -0.15) is 0 Å². The van der Waals surface area contributed by atoms with Gasteiger partial charge in [-0.3, -0.25) is 4.79 Å². The van der Waals surface area contributed by atoms with Gasteiger partial charge >= 0.3 is 0 Å². The van der Waals surface area contributed by atoms with Crippen molar-refractivity contribution in [2.24, 2.45) is 5.84 Å². The first-order valence-electron chi connectivity index (χ1n) is 6.49. The molecule has 3 N–H and O–H groups in total. The number of likely N-dealkylation sites (tertiary alicyclic amines) is 1. The van der Waals surface area contributed by atoms with Crippen molar-refractivity contribution in [3.63, 3.8) is 0 Å². The summed E-state index contributed by atoms with van der Waals surface area (Å²) in [6.07, 6.45) is 2.52. The zero-order chi connectivity index (χ0) is 13.7. The van der Waals surface area contributed by atoms with Gasteiger partial charge in [0, 0.05) is 20.1 Å². The first-order chi connectivity index (χ1) is 9.20. The summed E-state index contributed by atoms with van der Waals surface area (Å²) < 4.78 is 0. The van der Waals surface area contributed by atoms with E-state index in [1.165, 1.54) is 12.8 Å². The second-order valence-corrected chi connectivity index (χ2v) is 4.72. The van der Waals surface area contributed by atoms with Crippen LogP contribution in [0.3, 0.4) is 0 Å². The molecule has 2 rings (SSSR count). The number of carbonyl (C=O) groups is 1. The molecule has 7 nitrogen and oxygen atoms in total. The highest BCUT2D eigenvalue weighted by molar-refractivity contribution is 5.92. The largest absolute Gasteiger partial charge is 0.339 e. The summed E-state index contributed by atoms with van der Waals surface area (Å²) in [7, 11) is 1.79. The molecule has 0 aromatic carbocycles. The predicted octanol–water partition coefficient (Wildman–Crippen LogP) is -0.0700. The highest BCUT2D eigenvalue weighted by atomic mass is 16.2. The zero-order valence-electron chi connectivity index (χ0n) is 11.2. The minimum Gasteiger partial charge on any atom is -0.339 e. The molecule has 104 valence electrons. The van der Waals surface area contributed by atoms with E-state index in [1.807, 2.05) is 0 Å². The Bertz CT molecular complexity index is 415. The van der Waals surface area contributed by atoms with E-state index in [9.17, 15) is 4.79 Å². The number of nitrogens with two attached hydrogens (primary N) is 1. The Hall–Kier alpha value is -1.73. The predicted molar refractivity (Wildman–Crippen MR) is 72.5 cm³/mol. The van der Waals surface area contributed by atoms with Crippen LogP contribution in [0.4, 0.5) is 5.82 Å². The monoisotopic (exact) mass is 264 g/mol. The molecule has 0 atom stereocenters. The molecule has 0 bridgehead atoms. The van der Waals surface area contributed by atoms with Crippen LogP contribution >= 0.6 is 0 Å². The molecule has 0 radical (unpaired) electrons. The zero-order valence-corrected chi connectivity index (χ0v) is 11.2. The van der Waals surface area contributed by atoms with Crippen molar-refractivity contribution in [3.8, 4) is 0 Å². The Morgan fingerprint density at radius 1 is 1.42 bits per heavy atom. The summed E-state index contributed by atoms with van der Waals surface area (Å²) in [5.41, 5.74) is 2.72. The molecule has 7 heteroatoms. The minimum atomic E-state index is -0.115. The average Bonchev–Trinajstić information content (AvgIpc) is 2.97. The Morgan fingerprint density at radius 2 is 2.16 bits per heavy atom. The summed E-state index contributed by atoms with van der Waals surface area (Å²) >= 11 is 0. The fourth-order valence-electron chi connectivity index (χ4n) is 2.12. The lowest BCUT2D eigenvalue weighted by atomic mass is 10.3. The summed E-state index contributed by atoms with van der Waals surface area (Å²) in [5, 5.41) is 7.65. The minimum absolute atomic E-state index is 0.115. The lowest BCUT2D eigenvalue weighted by Gasteiger charge is -2.21. The third-order valence-electron chi connectivity index (χ3n) is 3.33. The van der Waals surface area contributed by atoms with E-state index >= 15 is 0 Å². The molecule has 1 aliphatic rings. The molecular weight excluding hydrogens is 244 g/mol. The number of hydrazine groups is 1. The van der Waals surface area contributed by atoms with E-state index < -0.39 is 0 Å². The van der Waals surface area contributed by atoms with Gasteiger partial charge in [0.1, 0.15) is 0 Å². The number of amides is 1. The number of hydrogen-bond donors (Lipinski definition) is 2. The number of anilines is 1. The van der Waals surface area contributed by atoms with Crippen LogP contribution in [-0.2, 0) is 0 Å². The van der Waals surface area contributed by atoms with Crippen molar-refractivity contribution in [1.29, 1.82) is 0 Å². The van der Waals surface area contributed by atoms with E-state index in [4.69, 9.17) is 5.84 Å². The molecule has 0 unspecified atom stereocenters. The number of aromatic nitrogens is 2. The van der Waals surface area contributed by atoms with Gasteiger partial charge < -0.3 is 15.2 Å². The summed E-state index contributed by atoms with van der Waals surface area (Å²) in [5.74, 6) is 5.53. The van der Waals surface area contributed by atoms with Crippen molar-refractivity contribution in [1.82, 2.24) is 20.0 Å². The number of hydrogen-bond acceptors (Lipinski definition) is 6. The number of nitrogen functional groups attached to an aromatic ring is 1. The van der Waals surface area contributed by atoms with Gasteiger partial charge in [0.05, 0.1) is 0 Å². The van der Waals surface area contributed by atoms with Crippen molar-refractivity contribution < 1.29 is 4.79 Å². The molecule has 0 aliphatic carbocycles. The van der Waals surface area contributed by atoms with Crippen LogP contribution in [0.1, 0.15) is 23.3 Å². The van der Waals surface area contributed by atoms with Gasteiger partial charge in [0.15, 0.2) is 11.5 Å². The molecule has 0 spiro atoms. The van der Waals surface area contributed by atoms with Crippen LogP contribution in [0.5, 0.6) is 0 Å². The second-order valence-electron chi connectivity index (χ2n) is 4.72. The van der Waals surface area contributed by atoms with Crippen molar-refractivity contribution in [3.05, 3.63) is 17.8 Å². The Balaban J connectivity index is 1.86. The van der Waals surface area contributed by atoms with Crippen molar-refractivity contribution in [2.75, 3.05) is 38.7 Å². The van der Waals surface area contributed by atoms with Gasteiger partial charge in [-0.05, 0) is 38.1 Å². The van der Waals surface area contributed by atoms with Gasteiger partial charge in [-0.15, -0.1) is 10.2 Å². The standard InChI is InChI=1S/C12H20N6O/c1-17(8-9-18-6-2-3-7-18)12(19)10-4-5-11(14-13)16-15-10/h4-5H,2-3,6-9,13H2,1H3,(H,14,16). The molecule has 2 heterocycles. The second kappa shape index (κ2) is 6.44. The summed E-state index contributed by atoms with van der Waals surface area (Å²) in [6, 6.07) is 3.26. The molecule has 19 heavy (non-hydrogen) atoms. The van der Waals surface area contributed by atoms with Gasteiger partial charge in [-0.25, -0.2) is 5.84 Å². The van der Waals surface area contributed by atoms with E-state index in [1.54, 1.807) is 24.1 Å². The van der Waals surface area contributed by atoms with Gasteiger partial charge in [0.2, 0.25) is 0 Å². The van der Waals surface area contributed by atoms with Gasteiger partial charge in [-0.1, -0.05) is 0 Å². The molecule has 1 amide bonds. The smallest absolute Gasteiger partial charge is 0.274 e. The normalized spacial score (nSPS) is 15.5. The third kappa shape index (κ3) is 3.62. The van der Waals surface area contributed by atoms with Gasteiger partial charge in [0.25, 0.3) is 5.91 Å². The van der Waals surface area contributed by atoms with Crippen LogP contribution < -0.4 is 11.3 Å². The SMILES string of the molecule is CN(CCN1CCCC1)C(=O)c1ccc(NN)nn1. The summed E-state index contributed by atoms with van der Waals surface area (Å²) in [4.78, 5) is 16.2. The fourth-order valence-corrected chi connectivity index (χ4v) is 2.12. The third-order valence-corrected chi connectivity index (χ3v) is 3.33. The Kier molecular flexibility index (Phi) is 4.64.